The van der Waals surface area contributed by atoms with Crippen molar-refractivity contribution < 1.29 is 61.1 Å². The van der Waals surface area contributed by atoms with Crippen LogP contribution >= 0.6 is 23.5 Å². The molecule has 2 unspecified atom stereocenters. The van der Waals surface area contributed by atoms with E-state index in [9.17, 15) is 43.4 Å². The predicted molar refractivity (Wildman–Crippen MR) is 162 cm³/mol. The summed E-state index contributed by atoms with van der Waals surface area (Å²) in [6, 6.07) is 8.97. The van der Waals surface area contributed by atoms with Crippen molar-refractivity contribution in [1.29, 1.82) is 5.26 Å². The summed E-state index contributed by atoms with van der Waals surface area (Å²) < 4.78 is 52.3. The van der Waals surface area contributed by atoms with Crippen LogP contribution in [0.15, 0.2) is 40.8 Å². The van der Waals surface area contributed by atoms with Gasteiger partial charge < -0.3 is 45.4 Å². The van der Waals surface area contributed by atoms with Gasteiger partial charge in [0.25, 0.3) is 5.91 Å². The summed E-state index contributed by atoms with van der Waals surface area (Å²) in [4.78, 5) is 66.6. The highest BCUT2D eigenvalue weighted by molar-refractivity contribution is 7.66. The Balaban J connectivity index is 1.64. The molecule has 1 fully saturated rings. The van der Waals surface area contributed by atoms with Gasteiger partial charge in [-0.25, -0.2) is 18.5 Å². The summed E-state index contributed by atoms with van der Waals surface area (Å²) in [7, 11) is -13.1. The zero-order valence-electron chi connectivity index (χ0n) is 24.4. The average Bonchev–Trinajstić information content (AvgIpc) is 3.31. The number of nitrogens with two attached hydrogens (primary N) is 1. The zero-order chi connectivity index (χ0) is 35.2. The maximum atomic E-state index is 12.5. The molecule has 20 nitrogen and oxygen atoms in total. The number of ether oxygens (including phenoxy) is 1. The molecule has 1 aromatic heterocycles. The van der Waals surface area contributed by atoms with E-state index in [4.69, 9.17) is 20.3 Å². The molecule has 0 bridgehead atoms. The minimum absolute atomic E-state index is 0.0192. The highest BCUT2D eigenvalue weighted by Crippen LogP contribution is 2.66. The summed E-state index contributed by atoms with van der Waals surface area (Å²) in [5.41, 5.74) is 6.29. The van der Waals surface area contributed by atoms with Crippen LogP contribution in [0.4, 0.5) is 11.5 Å². The van der Waals surface area contributed by atoms with Crippen LogP contribution in [-0.2, 0) is 36.4 Å². The summed E-state index contributed by atoms with van der Waals surface area (Å²) in [6.07, 6.45) is -1.77. The Labute approximate surface area is 266 Å². The lowest BCUT2D eigenvalue weighted by atomic mass is 10.1. The van der Waals surface area contributed by atoms with E-state index in [1.54, 1.807) is 12.1 Å². The van der Waals surface area contributed by atoms with E-state index < -0.39 is 60.1 Å². The van der Waals surface area contributed by atoms with E-state index in [1.807, 2.05) is 37.2 Å². The quantitative estimate of drug-likeness (QED) is 0.0655. The molecule has 2 heterocycles. The maximum Gasteiger partial charge on any atom is 0.490 e. The number of aromatic nitrogens is 2. The van der Waals surface area contributed by atoms with Gasteiger partial charge in [-0.15, -0.1) is 0 Å². The number of nitrogens with zero attached hydrogens (tertiary/aromatic N) is 4. The number of amides is 1. The standard InChI is InChI=1S/C24H29N6O14P3/c1-29(2)18-7-5-15(6-8-18)10-17(12-25)23(32)27-9-3-4-16-13-30(24(33)28-22(16)26)21-11-19(31)20(42-21)14-41-46(37,38)44-47(39,40)43-45(34,35)36/h5-8,10,13,19-21,31H,9,11,14H2,1-2H3,(H,27,32)(H,37,38)(H,39,40)(H2,26,28,33)(H2,34,35,36)/b17-10+/t19-,20+,21+/m0/s1. The Morgan fingerprint density at radius 3 is 2.45 bits per heavy atom. The second kappa shape index (κ2) is 15.5. The SMILES string of the molecule is CN(C)c1ccc(/C=C(\C#N)C(=O)NCC#Cc2cn([C@H]3C[C@H](O)[C@@H](COP(=O)(O)OP(=O)(O)OP(=O)(O)O)O3)c(=O)nc2N)cc1. The Morgan fingerprint density at radius 1 is 1.19 bits per heavy atom. The molecule has 0 spiro atoms. The monoisotopic (exact) mass is 718 g/mol. The van der Waals surface area contributed by atoms with Crippen LogP contribution in [0, 0.1) is 23.2 Å². The van der Waals surface area contributed by atoms with Gasteiger partial charge in [-0.3, -0.25) is 13.9 Å². The van der Waals surface area contributed by atoms with Gasteiger partial charge in [-0.2, -0.15) is 18.9 Å². The number of nitrogen functional groups attached to an aromatic ring is 1. The number of carbonyl (C=O) groups is 1. The zero-order valence-corrected chi connectivity index (χ0v) is 27.1. The van der Waals surface area contributed by atoms with Crippen LogP contribution in [-0.4, -0.2) is 79.6 Å². The Bertz CT molecular complexity index is 1830. The van der Waals surface area contributed by atoms with Crippen molar-refractivity contribution in [1.82, 2.24) is 14.9 Å². The molecule has 0 aliphatic carbocycles. The first kappa shape index (κ1) is 37.7. The summed E-state index contributed by atoms with van der Waals surface area (Å²) >= 11 is 0. The number of carbonyl (C=O) groups excluding carboxylic acids is 1. The fraction of sp³-hybridized carbons (Fsp3) is 0.333. The number of anilines is 2. The normalized spacial score (nSPS) is 20.6. The predicted octanol–water partition coefficient (Wildman–Crippen LogP) is -0.0419. The first-order valence-corrected chi connectivity index (χ1v) is 17.5. The summed E-state index contributed by atoms with van der Waals surface area (Å²) in [6.45, 7) is -1.18. The fourth-order valence-corrected chi connectivity index (χ4v) is 6.86. The van der Waals surface area contributed by atoms with Gasteiger partial charge in [0.15, 0.2) is 0 Å². The highest BCUT2D eigenvalue weighted by Gasteiger charge is 2.43. The topological polar surface area (TPSA) is 306 Å². The molecule has 3 rings (SSSR count). The molecular weight excluding hydrogens is 689 g/mol. The van der Waals surface area contributed by atoms with E-state index in [1.165, 1.54) is 6.08 Å². The Kier molecular flexibility index (Phi) is 12.4. The van der Waals surface area contributed by atoms with Crippen LogP contribution in [0.3, 0.4) is 0 Å². The minimum Gasteiger partial charge on any atom is -0.390 e. The number of hydrogen-bond acceptors (Lipinski definition) is 14. The number of hydrogen-bond donors (Lipinski definition) is 7. The third kappa shape index (κ3) is 11.5. The third-order valence-electron chi connectivity index (χ3n) is 5.96. The van der Waals surface area contributed by atoms with Gasteiger partial charge in [0.1, 0.15) is 29.8 Å². The van der Waals surface area contributed by atoms with Crippen LogP contribution in [0.5, 0.6) is 0 Å². The molecule has 0 radical (unpaired) electrons. The largest absolute Gasteiger partial charge is 0.490 e. The summed E-state index contributed by atoms with van der Waals surface area (Å²) in [5.74, 6) is 4.28. The Hall–Kier alpha value is -3.71. The molecular formula is C24H29N6O14P3. The van der Waals surface area contributed by atoms with Crippen molar-refractivity contribution >= 4 is 47.0 Å². The van der Waals surface area contributed by atoms with Gasteiger partial charge in [0.05, 0.1) is 24.8 Å². The van der Waals surface area contributed by atoms with Crippen molar-refractivity contribution in [3.8, 4) is 17.9 Å². The molecule has 1 amide bonds. The Morgan fingerprint density at radius 2 is 1.85 bits per heavy atom. The smallest absolute Gasteiger partial charge is 0.390 e. The number of aliphatic hydroxyl groups excluding tert-OH is 1. The third-order valence-corrected chi connectivity index (χ3v) is 9.76. The van der Waals surface area contributed by atoms with Gasteiger partial charge in [-0.1, -0.05) is 24.0 Å². The maximum absolute atomic E-state index is 12.5. The summed E-state index contributed by atoms with van der Waals surface area (Å²) in [5, 5.41) is 22.2. The van der Waals surface area contributed by atoms with Crippen LogP contribution in [0.2, 0.25) is 0 Å². The van der Waals surface area contributed by atoms with Gasteiger partial charge in [0, 0.05) is 32.4 Å². The van der Waals surface area contributed by atoms with Crippen LogP contribution < -0.4 is 21.6 Å². The van der Waals surface area contributed by atoms with E-state index in [0.29, 0.717) is 5.56 Å². The lowest BCUT2D eigenvalue weighted by Crippen LogP contribution is -2.29. The average molecular weight is 718 g/mol. The van der Waals surface area contributed by atoms with Gasteiger partial charge in [0.2, 0.25) is 0 Å². The molecule has 0 saturated carbocycles. The molecule has 47 heavy (non-hydrogen) atoms. The fourth-order valence-electron chi connectivity index (χ4n) is 3.83. The minimum atomic E-state index is -5.76. The molecule has 5 atom stereocenters. The number of nitrogens with one attached hydrogen (secondary N) is 1. The second-order valence-corrected chi connectivity index (χ2v) is 14.1. The molecule has 23 heteroatoms. The van der Waals surface area contributed by atoms with Crippen molar-refractivity contribution in [3.63, 3.8) is 0 Å². The van der Waals surface area contributed by atoms with Crippen LogP contribution in [0.25, 0.3) is 6.08 Å². The molecule has 8 N–H and O–H groups in total. The highest BCUT2D eigenvalue weighted by atomic mass is 31.3. The number of rotatable bonds is 12. The molecule has 1 saturated heterocycles. The number of phosphoric acid groups is 3. The van der Waals surface area contributed by atoms with E-state index in [-0.39, 0.29) is 29.9 Å². The second-order valence-electron chi connectivity index (χ2n) is 9.69. The van der Waals surface area contributed by atoms with Crippen molar-refractivity contribution in [2.24, 2.45) is 0 Å². The number of phosphoric ester groups is 1. The number of aliphatic hydroxyl groups is 1. The first-order valence-electron chi connectivity index (χ1n) is 13.0. The van der Waals surface area contributed by atoms with E-state index in [2.05, 4.69) is 35.3 Å². The molecule has 2 aromatic rings. The van der Waals surface area contributed by atoms with Gasteiger partial charge in [-0.05, 0) is 23.8 Å². The van der Waals surface area contributed by atoms with Gasteiger partial charge >= 0.3 is 29.2 Å². The molecule has 1 aromatic carbocycles. The lowest BCUT2D eigenvalue weighted by Gasteiger charge is -2.19. The first-order chi connectivity index (χ1) is 21.8. The van der Waals surface area contributed by atoms with Crippen molar-refractivity contribution in [2.75, 3.05) is 37.9 Å². The van der Waals surface area contributed by atoms with Crippen molar-refractivity contribution in [3.05, 3.63) is 57.6 Å². The number of nitriles is 1. The number of benzene rings is 1. The van der Waals surface area contributed by atoms with E-state index in [0.717, 1.165) is 16.5 Å². The molecule has 1 aliphatic rings. The lowest BCUT2D eigenvalue weighted by molar-refractivity contribution is -0.116. The van der Waals surface area contributed by atoms with Crippen LogP contribution in [0.1, 0.15) is 23.8 Å². The molecule has 254 valence electrons. The van der Waals surface area contributed by atoms with Crippen molar-refractivity contribution in [2.45, 2.75) is 24.9 Å². The molecule has 1 aliphatic heterocycles. The van der Waals surface area contributed by atoms with E-state index >= 15 is 0 Å².